The predicted octanol–water partition coefficient (Wildman–Crippen LogP) is 5.31. The highest BCUT2D eigenvalue weighted by molar-refractivity contribution is 5.72. The summed E-state index contributed by atoms with van der Waals surface area (Å²) in [5.74, 6) is -0.306. The number of carboxylic acid groups (broad SMARTS) is 1. The zero-order chi connectivity index (χ0) is 19.9. The first-order chi connectivity index (χ1) is 12.8. The van der Waals surface area contributed by atoms with Gasteiger partial charge in [-0.25, -0.2) is 9.78 Å². The van der Waals surface area contributed by atoms with Crippen LogP contribution in [0.3, 0.4) is 0 Å². The van der Waals surface area contributed by atoms with E-state index in [1.807, 2.05) is 6.92 Å². The van der Waals surface area contributed by atoms with Crippen LogP contribution in [0.15, 0.2) is 42.6 Å². The Kier molecular flexibility index (Phi) is 7.04. The Morgan fingerprint density at radius 1 is 1.11 bits per heavy atom. The smallest absolute Gasteiger partial charge is 0.417 e. The first-order valence-corrected chi connectivity index (χ1v) is 8.50. The van der Waals surface area contributed by atoms with E-state index in [0.29, 0.717) is 24.1 Å². The van der Waals surface area contributed by atoms with Gasteiger partial charge >= 0.3 is 12.1 Å². The molecule has 0 saturated carbocycles. The lowest BCUT2D eigenvalue weighted by molar-refractivity contribution is -0.145. The Morgan fingerprint density at radius 3 is 2.30 bits per heavy atom. The van der Waals surface area contributed by atoms with Crippen molar-refractivity contribution in [2.75, 3.05) is 0 Å². The Hall–Kier alpha value is -2.77. The van der Waals surface area contributed by atoms with Gasteiger partial charge in [-0.3, -0.25) is 0 Å². The number of halogens is 3. The van der Waals surface area contributed by atoms with Crippen molar-refractivity contribution in [3.8, 4) is 17.4 Å². The van der Waals surface area contributed by atoms with Gasteiger partial charge in [-0.05, 0) is 43.2 Å². The fourth-order valence-corrected chi connectivity index (χ4v) is 2.29. The van der Waals surface area contributed by atoms with E-state index >= 15 is 0 Å². The fourth-order valence-electron chi connectivity index (χ4n) is 2.29. The predicted molar refractivity (Wildman–Crippen MR) is 91.9 cm³/mol. The molecule has 0 spiro atoms. The second-order valence-corrected chi connectivity index (χ2v) is 5.90. The number of rotatable bonds is 9. The number of benzene rings is 1. The second-order valence-electron chi connectivity index (χ2n) is 5.90. The SMILES string of the molecule is CCCCCC(Oc1ccc(Oc2ccc(C(F)(F)F)cn2)cc1)C(=O)O. The van der Waals surface area contributed by atoms with E-state index in [9.17, 15) is 23.1 Å². The lowest BCUT2D eigenvalue weighted by Crippen LogP contribution is -2.26. The molecule has 0 aliphatic rings. The van der Waals surface area contributed by atoms with Gasteiger partial charge in [0.15, 0.2) is 6.10 Å². The molecule has 0 aliphatic heterocycles. The fraction of sp³-hybridized carbons (Fsp3) is 0.368. The average Bonchev–Trinajstić information content (AvgIpc) is 2.62. The summed E-state index contributed by atoms with van der Waals surface area (Å²) in [6.45, 7) is 2.03. The molecular weight excluding hydrogens is 363 g/mol. The molecule has 0 bridgehead atoms. The molecule has 2 aromatic rings. The van der Waals surface area contributed by atoms with Crippen LogP contribution in [0.25, 0.3) is 0 Å². The summed E-state index contributed by atoms with van der Waals surface area (Å²) >= 11 is 0. The van der Waals surface area contributed by atoms with Crippen LogP contribution in [0.5, 0.6) is 17.4 Å². The Bertz CT molecular complexity index is 730. The molecule has 1 aromatic heterocycles. The molecule has 146 valence electrons. The van der Waals surface area contributed by atoms with Crippen molar-refractivity contribution in [2.24, 2.45) is 0 Å². The minimum Gasteiger partial charge on any atom is -0.479 e. The van der Waals surface area contributed by atoms with Crippen LogP contribution in [0.2, 0.25) is 0 Å². The summed E-state index contributed by atoms with van der Waals surface area (Å²) in [6, 6.07) is 8.14. The van der Waals surface area contributed by atoms with Crippen molar-refractivity contribution in [3.05, 3.63) is 48.2 Å². The number of pyridine rings is 1. The molecule has 1 heterocycles. The standard InChI is InChI=1S/C19H20F3NO4/c1-2-3-4-5-16(18(24)25)26-14-7-9-15(10-8-14)27-17-11-6-13(12-23-17)19(20,21)22/h6-12,16H,2-5H2,1H3,(H,24,25). The van der Waals surface area contributed by atoms with E-state index in [0.717, 1.165) is 31.4 Å². The van der Waals surface area contributed by atoms with E-state index in [2.05, 4.69) is 4.98 Å². The normalized spacial score (nSPS) is 12.4. The number of hydrogen-bond donors (Lipinski definition) is 1. The topological polar surface area (TPSA) is 68.7 Å². The summed E-state index contributed by atoms with van der Waals surface area (Å²) in [4.78, 5) is 14.9. The van der Waals surface area contributed by atoms with Gasteiger partial charge in [0.2, 0.25) is 5.88 Å². The number of aliphatic carboxylic acids is 1. The molecule has 0 aliphatic carbocycles. The molecule has 1 aromatic carbocycles. The van der Waals surface area contributed by atoms with E-state index in [4.69, 9.17) is 9.47 Å². The van der Waals surface area contributed by atoms with E-state index < -0.39 is 23.8 Å². The zero-order valence-electron chi connectivity index (χ0n) is 14.7. The van der Waals surface area contributed by atoms with Gasteiger partial charge < -0.3 is 14.6 Å². The van der Waals surface area contributed by atoms with Gasteiger partial charge in [-0.1, -0.05) is 19.8 Å². The minimum atomic E-state index is -4.46. The quantitative estimate of drug-likeness (QED) is 0.595. The molecule has 1 unspecified atom stereocenters. The summed E-state index contributed by atoms with van der Waals surface area (Å²) in [6.07, 6.45) is -1.61. The van der Waals surface area contributed by atoms with E-state index in [1.54, 1.807) is 0 Å². The van der Waals surface area contributed by atoms with Crippen LogP contribution in [-0.4, -0.2) is 22.2 Å². The van der Waals surface area contributed by atoms with Crippen LogP contribution >= 0.6 is 0 Å². The largest absolute Gasteiger partial charge is 0.479 e. The molecule has 1 atom stereocenters. The minimum absolute atomic E-state index is 0.0136. The first kappa shape index (κ1) is 20.5. The summed E-state index contributed by atoms with van der Waals surface area (Å²) < 4.78 is 48.4. The van der Waals surface area contributed by atoms with Gasteiger partial charge in [0.1, 0.15) is 11.5 Å². The van der Waals surface area contributed by atoms with Gasteiger partial charge in [0.05, 0.1) is 5.56 Å². The first-order valence-electron chi connectivity index (χ1n) is 8.50. The number of nitrogens with zero attached hydrogens (tertiary/aromatic N) is 1. The molecule has 1 N–H and O–H groups in total. The monoisotopic (exact) mass is 383 g/mol. The highest BCUT2D eigenvalue weighted by Crippen LogP contribution is 2.30. The van der Waals surface area contributed by atoms with Crippen molar-refractivity contribution < 1.29 is 32.5 Å². The Morgan fingerprint density at radius 2 is 1.78 bits per heavy atom. The third-order valence-electron chi connectivity index (χ3n) is 3.73. The van der Waals surface area contributed by atoms with Crippen molar-refractivity contribution in [1.29, 1.82) is 0 Å². The van der Waals surface area contributed by atoms with Crippen molar-refractivity contribution >= 4 is 5.97 Å². The molecule has 0 radical (unpaired) electrons. The molecule has 0 amide bonds. The molecule has 0 saturated heterocycles. The number of ether oxygens (including phenoxy) is 2. The van der Waals surface area contributed by atoms with Gasteiger partial charge in [-0.15, -0.1) is 0 Å². The van der Waals surface area contributed by atoms with Crippen LogP contribution in [0.4, 0.5) is 13.2 Å². The maximum absolute atomic E-state index is 12.5. The lowest BCUT2D eigenvalue weighted by atomic mass is 10.1. The molecule has 2 rings (SSSR count). The summed E-state index contributed by atoms with van der Waals surface area (Å²) in [5.41, 5.74) is -0.860. The van der Waals surface area contributed by atoms with Crippen LogP contribution in [0.1, 0.15) is 38.2 Å². The van der Waals surface area contributed by atoms with Crippen molar-refractivity contribution in [1.82, 2.24) is 4.98 Å². The highest BCUT2D eigenvalue weighted by atomic mass is 19.4. The molecule has 0 fully saturated rings. The van der Waals surface area contributed by atoms with Crippen molar-refractivity contribution in [2.45, 2.75) is 44.9 Å². The average molecular weight is 383 g/mol. The highest BCUT2D eigenvalue weighted by Gasteiger charge is 2.30. The van der Waals surface area contributed by atoms with Gasteiger partial charge in [0, 0.05) is 12.3 Å². The Balaban J connectivity index is 1.97. The number of carboxylic acids is 1. The van der Waals surface area contributed by atoms with Gasteiger partial charge in [0.25, 0.3) is 0 Å². The van der Waals surface area contributed by atoms with Crippen LogP contribution < -0.4 is 9.47 Å². The maximum Gasteiger partial charge on any atom is 0.417 e. The van der Waals surface area contributed by atoms with E-state index in [1.165, 1.54) is 24.3 Å². The second kappa shape index (κ2) is 9.25. The van der Waals surface area contributed by atoms with Crippen LogP contribution in [-0.2, 0) is 11.0 Å². The third-order valence-corrected chi connectivity index (χ3v) is 3.73. The number of alkyl halides is 3. The third kappa shape index (κ3) is 6.47. The summed E-state index contributed by atoms with van der Waals surface area (Å²) in [5, 5.41) is 9.22. The Labute approximate surface area is 154 Å². The number of carbonyl (C=O) groups is 1. The van der Waals surface area contributed by atoms with Gasteiger partial charge in [-0.2, -0.15) is 13.2 Å². The zero-order valence-corrected chi connectivity index (χ0v) is 14.7. The van der Waals surface area contributed by atoms with Crippen molar-refractivity contribution in [3.63, 3.8) is 0 Å². The molecule has 27 heavy (non-hydrogen) atoms. The molecular formula is C19H20F3NO4. The number of unbranched alkanes of at least 4 members (excludes halogenated alkanes) is 2. The summed E-state index contributed by atoms with van der Waals surface area (Å²) in [7, 11) is 0. The molecule has 8 heteroatoms. The number of hydrogen-bond acceptors (Lipinski definition) is 4. The number of aromatic nitrogens is 1. The van der Waals surface area contributed by atoms with Crippen LogP contribution in [0, 0.1) is 0 Å². The van der Waals surface area contributed by atoms with E-state index in [-0.39, 0.29) is 5.88 Å². The maximum atomic E-state index is 12.5. The molecule has 5 nitrogen and oxygen atoms in total. The lowest BCUT2D eigenvalue weighted by Gasteiger charge is -2.15.